The van der Waals surface area contributed by atoms with Crippen LogP contribution >= 0.6 is 0 Å². The van der Waals surface area contributed by atoms with E-state index in [2.05, 4.69) is 9.44 Å². The molecule has 12 heteroatoms. The molecular weight excluding hydrogens is 472 g/mol. The zero-order chi connectivity index (χ0) is 23.5. The van der Waals surface area contributed by atoms with Crippen molar-refractivity contribution < 1.29 is 34.4 Å². The summed E-state index contributed by atoms with van der Waals surface area (Å²) in [5.41, 5.74) is 0.776. The van der Waals surface area contributed by atoms with Gasteiger partial charge in [0.25, 0.3) is 0 Å². The Hall–Kier alpha value is -2.80. The fourth-order valence-electron chi connectivity index (χ4n) is 2.73. The molecule has 3 aromatic rings. The molecule has 170 valence electrons. The molecule has 0 aromatic heterocycles. The van der Waals surface area contributed by atoms with Gasteiger partial charge in [-0.05, 0) is 47.5 Å². The van der Waals surface area contributed by atoms with Crippen LogP contribution in [-0.4, -0.2) is 16.8 Å². The fraction of sp³-hybridized carbons (Fsp3) is 0.100. The predicted octanol–water partition coefficient (Wildman–Crippen LogP) is 3.20. The lowest BCUT2D eigenvalue weighted by atomic mass is 10.1. The smallest absolute Gasteiger partial charge is 0.207 e. The van der Waals surface area contributed by atoms with Crippen molar-refractivity contribution in [3.63, 3.8) is 0 Å². The minimum absolute atomic E-state index is 0.294. The lowest BCUT2D eigenvalue weighted by Crippen LogP contribution is -2.25. The maximum Gasteiger partial charge on any atom is 0.243 e. The van der Waals surface area contributed by atoms with Gasteiger partial charge in [-0.2, -0.15) is 0 Å². The molecule has 3 rings (SSSR count). The highest BCUT2D eigenvalue weighted by atomic mass is 32.2. The van der Waals surface area contributed by atoms with Crippen LogP contribution in [0.5, 0.6) is 0 Å². The summed E-state index contributed by atoms with van der Waals surface area (Å²) in [6.45, 7) is -0.588. The quantitative estimate of drug-likeness (QED) is 0.477. The number of sulfonamides is 2. The molecule has 0 spiro atoms. The standard InChI is InChI=1S/C20H16F4N2O4S2/c21-15-4-6-17(23)19(9-15)31(27,28)25-11-13-2-1-3-14(8-13)12-26-32(29,30)20-10-16(22)5-7-18(20)24/h1-10,25-26H,11-12H2. The van der Waals surface area contributed by atoms with E-state index in [9.17, 15) is 34.4 Å². The summed E-state index contributed by atoms with van der Waals surface area (Å²) < 4.78 is 107. The Morgan fingerprint density at radius 3 is 1.41 bits per heavy atom. The van der Waals surface area contributed by atoms with Gasteiger partial charge in [-0.15, -0.1) is 0 Å². The summed E-state index contributed by atoms with van der Waals surface area (Å²) in [7, 11) is -8.72. The van der Waals surface area contributed by atoms with Gasteiger partial charge in [0.15, 0.2) is 0 Å². The first-order chi connectivity index (χ1) is 15.0. The molecular formula is C20H16F4N2O4S2. The van der Waals surface area contributed by atoms with Crippen molar-refractivity contribution in [2.45, 2.75) is 22.9 Å². The van der Waals surface area contributed by atoms with Gasteiger partial charge in [-0.3, -0.25) is 0 Å². The highest BCUT2D eigenvalue weighted by Gasteiger charge is 2.21. The first-order valence-electron chi connectivity index (χ1n) is 8.95. The second-order valence-electron chi connectivity index (χ2n) is 6.62. The van der Waals surface area contributed by atoms with E-state index in [1.165, 1.54) is 24.3 Å². The minimum Gasteiger partial charge on any atom is -0.207 e. The molecule has 0 fully saturated rings. The molecule has 0 aliphatic carbocycles. The van der Waals surface area contributed by atoms with E-state index in [0.29, 0.717) is 35.4 Å². The Bertz CT molecular complexity index is 1260. The molecule has 6 nitrogen and oxygen atoms in total. The molecule has 0 aliphatic heterocycles. The van der Waals surface area contributed by atoms with E-state index in [1.54, 1.807) is 0 Å². The van der Waals surface area contributed by atoms with Gasteiger partial charge in [0.2, 0.25) is 20.0 Å². The highest BCUT2D eigenvalue weighted by molar-refractivity contribution is 7.89. The molecule has 0 heterocycles. The van der Waals surface area contributed by atoms with Crippen molar-refractivity contribution in [3.8, 4) is 0 Å². The van der Waals surface area contributed by atoms with E-state index in [0.717, 1.165) is 12.1 Å². The third-order valence-corrected chi connectivity index (χ3v) is 7.12. The van der Waals surface area contributed by atoms with Crippen LogP contribution in [0.25, 0.3) is 0 Å². The van der Waals surface area contributed by atoms with Gasteiger partial charge in [0, 0.05) is 13.1 Å². The van der Waals surface area contributed by atoms with Crippen molar-refractivity contribution in [1.29, 1.82) is 0 Å². The van der Waals surface area contributed by atoms with Crippen LogP contribution in [0.1, 0.15) is 11.1 Å². The second kappa shape index (κ2) is 9.36. The zero-order valence-electron chi connectivity index (χ0n) is 16.1. The SMILES string of the molecule is O=S(=O)(NCc1cccc(CNS(=O)(=O)c2cc(F)ccc2F)c1)c1cc(F)ccc1F. The van der Waals surface area contributed by atoms with E-state index in [1.807, 2.05) is 0 Å². The summed E-state index contributed by atoms with van der Waals surface area (Å²) in [5, 5.41) is 0. The van der Waals surface area contributed by atoms with E-state index >= 15 is 0 Å². The third kappa shape index (κ3) is 5.71. The third-order valence-electron chi connectivity index (χ3n) is 4.29. The maximum atomic E-state index is 13.8. The molecule has 32 heavy (non-hydrogen) atoms. The van der Waals surface area contributed by atoms with Crippen LogP contribution < -0.4 is 9.44 Å². The summed E-state index contributed by atoms with van der Waals surface area (Å²) in [4.78, 5) is -1.70. The van der Waals surface area contributed by atoms with Crippen molar-refractivity contribution in [2.24, 2.45) is 0 Å². The van der Waals surface area contributed by atoms with Crippen LogP contribution in [0, 0.1) is 23.3 Å². The van der Waals surface area contributed by atoms with E-state index in [-0.39, 0.29) is 13.1 Å². The molecule has 0 aliphatic rings. The van der Waals surface area contributed by atoms with Gasteiger partial charge in [0.1, 0.15) is 33.1 Å². The Kier molecular flexibility index (Phi) is 6.98. The van der Waals surface area contributed by atoms with Gasteiger partial charge in [0.05, 0.1) is 0 Å². The van der Waals surface area contributed by atoms with Crippen LogP contribution in [0.4, 0.5) is 17.6 Å². The summed E-state index contributed by atoms with van der Waals surface area (Å²) >= 11 is 0. The van der Waals surface area contributed by atoms with Gasteiger partial charge in [-0.25, -0.2) is 43.8 Å². The largest absolute Gasteiger partial charge is 0.243 e. The Morgan fingerprint density at radius 2 is 1.00 bits per heavy atom. The molecule has 0 saturated heterocycles. The zero-order valence-corrected chi connectivity index (χ0v) is 17.8. The molecule has 3 aromatic carbocycles. The van der Waals surface area contributed by atoms with Crippen LogP contribution in [0.15, 0.2) is 70.5 Å². The van der Waals surface area contributed by atoms with E-state index < -0.39 is 53.1 Å². The topological polar surface area (TPSA) is 92.3 Å². The Balaban J connectivity index is 1.71. The molecule has 0 radical (unpaired) electrons. The monoisotopic (exact) mass is 488 g/mol. The lowest BCUT2D eigenvalue weighted by molar-refractivity contribution is 0.545. The molecule has 0 saturated carbocycles. The Labute approximate surface area is 182 Å². The van der Waals surface area contributed by atoms with Crippen molar-refractivity contribution >= 4 is 20.0 Å². The maximum absolute atomic E-state index is 13.8. The average molecular weight is 488 g/mol. The summed E-state index contributed by atoms with van der Waals surface area (Å²) in [5.74, 6) is -4.08. The first kappa shape index (κ1) is 23.9. The lowest BCUT2D eigenvalue weighted by Gasteiger charge is -2.10. The average Bonchev–Trinajstić information content (AvgIpc) is 2.74. The number of rotatable bonds is 8. The van der Waals surface area contributed by atoms with Crippen LogP contribution in [0.2, 0.25) is 0 Å². The number of hydrogen-bond acceptors (Lipinski definition) is 4. The molecule has 0 amide bonds. The molecule has 2 N–H and O–H groups in total. The van der Waals surface area contributed by atoms with E-state index in [4.69, 9.17) is 0 Å². The van der Waals surface area contributed by atoms with Crippen molar-refractivity contribution in [1.82, 2.24) is 9.44 Å². The normalized spacial score (nSPS) is 12.1. The Morgan fingerprint density at radius 1 is 0.594 bits per heavy atom. The minimum atomic E-state index is -4.36. The first-order valence-corrected chi connectivity index (χ1v) is 11.9. The number of hydrogen-bond donors (Lipinski definition) is 2. The molecule has 0 bridgehead atoms. The van der Waals surface area contributed by atoms with Crippen molar-refractivity contribution in [3.05, 3.63) is 95.1 Å². The fourth-order valence-corrected chi connectivity index (χ4v) is 4.94. The van der Waals surface area contributed by atoms with Crippen LogP contribution in [0.3, 0.4) is 0 Å². The van der Waals surface area contributed by atoms with Crippen molar-refractivity contribution in [2.75, 3.05) is 0 Å². The van der Waals surface area contributed by atoms with Gasteiger partial charge >= 0.3 is 0 Å². The number of benzene rings is 3. The summed E-state index contributed by atoms with van der Waals surface area (Å²) in [6.07, 6.45) is 0. The molecule has 0 unspecified atom stereocenters. The second-order valence-corrected chi connectivity index (χ2v) is 10.1. The number of nitrogens with one attached hydrogen (secondary N) is 2. The van der Waals surface area contributed by atoms with Gasteiger partial charge < -0.3 is 0 Å². The predicted molar refractivity (Wildman–Crippen MR) is 107 cm³/mol. The highest BCUT2D eigenvalue weighted by Crippen LogP contribution is 2.18. The van der Waals surface area contributed by atoms with Crippen LogP contribution in [-0.2, 0) is 33.1 Å². The molecule has 0 atom stereocenters. The summed E-state index contributed by atoms with van der Waals surface area (Å²) in [6, 6.07) is 10.1. The number of halogens is 4. The van der Waals surface area contributed by atoms with Gasteiger partial charge in [-0.1, -0.05) is 24.3 Å².